The first-order valence-corrected chi connectivity index (χ1v) is 6.35. The summed E-state index contributed by atoms with van der Waals surface area (Å²) in [6, 6.07) is 3.88. The molecule has 0 radical (unpaired) electrons. The Morgan fingerprint density at radius 1 is 1.47 bits per heavy atom. The van der Waals surface area contributed by atoms with Crippen LogP contribution in [0.15, 0.2) is 18.2 Å². The molecule has 1 aromatic rings. The number of likely N-dealkylation sites (tertiary alicyclic amines) is 1. The third-order valence-electron chi connectivity index (χ3n) is 3.94. The predicted octanol–water partition coefficient (Wildman–Crippen LogP) is 2.24. The second-order valence-electron chi connectivity index (χ2n) is 5.26. The maximum absolute atomic E-state index is 13.8. The van der Waals surface area contributed by atoms with Crippen molar-refractivity contribution in [2.75, 3.05) is 13.1 Å². The number of nitrogens with zero attached hydrogens (tertiary/aromatic N) is 1. The van der Waals surface area contributed by atoms with Crippen molar-refractivity contribution in [3.8, 4) is 5.75 Å². The number of rotatable bonds is 3. The fraction of sp³-hybridized carbons (Fsp3) is 0.500. The minimum absolute atomic E-state index is 0.0557. The number of phenols is 1. The van der Waals surface area contributed by atoms with Gasteiger partial charge in [0.2, 0.25) is 0 Å². The van der Waals surface area contributed by atoms with Gasteiger partial charge in [0, 0.05) is 30.8 Å². The molecule has 1 saturated heterocycles. The van der Waals surface area contributed by atoms with Gasteiger partial charge in [-0.15, -0.1) is 0 Å². The lowest BCUT2D eigenvalue weighted by atomic mass is 9.99. The van der Waals surface area contributed by atoms with Gasteiger partial charge in [-0.25, -0.2) is 4.39 Å². The van der Waals surface area contributed by atoms with Gasteiger partial charge in [-0.05, 0) is 18.9 Å². The Balaban J connectivity index is 2.17. The highest BCUT2D eigenvalue weighted by Gasteiger charge is 2.37. The number of hydrogen-bond donors (Lipinski definition) is 2. The number of aliphatic carboxylic acids is 1. The highest BCUT2D eigenvalue weighted by Crippen LogP contribution is 2.32. The van der Waals surface area contributed by atoms with Crippen LogP contribution in [0.1, 0.15) is 25.5 Å². The molecule has 1 aliphatic heterocycles. The molecule has 1 aromatic carbocycles. The van der Waals surface area contributed by atoms with Crippen molar-refractivity contribution < 1.29 is 19.4 Å². The van der Waals surface area contributed by atoms with Gasteiger partial charge in [0.25, 0.3) is 0 Å². The Bertz CT molecular complexity index is 492. The van der Waals surface area contributed by atoms with E-state index in [9.17, 15) is 14.3 Å². The number of phenolic OH excluding ortho intramolecular Hbond substituents is 1. The molecule has 0 aliphatic carbocycles. The molecule has 1 aliphatic rings. The zero-order chi connectivity index (χ0) is 14.2. The summed E-state index contributed by atoms with van der Waals surface area (Å²) < 4.78 is 13.8. The van der Waals surface area contributed by atoms with Crippen LogP contribution in [0.25, 0.3) is 0 Å². The van der Waals surface area contributed by atoms with Crippen LogP contribution in [0, 0.1) is 17.7 Å². The molecule has 2 N–H and O–H groups in total. The monoisotopic (exact) mass is 267 g/mol. The Labute approximate surface area is 111 Å². The summed E-state index contributed by atoms with van der Waals surface area (Å²) in [6.45, 7) is 4.82. The number of halogens is 1. The largest absolute Gasteiger partial charge is 0.508 e. The summed E-state index contributed by atoms with van der Waals surface area (Å²) in [5, 5.41) is 18.3. The minimum atomic E-state index is -0.798. The van der Waals surface area contributed by atoms with Crippen LogP contribution in [-0.2, 0) is 4.79 Å². The lowest BCUT2D eigenvalue weighted by Crippen LogP contribution is -2.26. The first-order chi connectivity index (χ1) is 8.90. The van der Waals surface area contributed by atoms with Gasteiger partial charge >= 0.3 is 5.97 Å². The summed E-state index contributed by atoms with van der Waals surface area (Å²) >= 11 is 0. The highest BCUT2D eigenvalue weighted by molar-refractivity contribution is 5.71. The average Bonchev–Trinajstić information content (AvgIpc) is 2.70. The number of aromatic hydroxyl groups is 1. The highest BCUT2D eigenvalue weighted by atomic mass is 19.1. The predicted molar refractivity (Wildman–Crippen MR) is 68.3 cm³/mol. The standard InChI is InChI=1S/C14H18FNO3/c1-8-6-16(7-12(8)14(18)19)9(2)11-4-3-10(17)5-13(11)15/h3-5,8-9,12,17H,6-7H2,1-2H3,(H,18,19). The van der Waals surface area contributed by atoms with Crippen LogP contribution >= 0.6 is 0 Å². The average molecular weight is 267 g/mol. The molecule has 3 atom stereocenters. The lowest BCUT2D eigenvalue weighted by molar-refractivity contribution is -0.142. The third kappa shape index (κ3) is 2.71. The normalized spacial score (nSPS) is 25.4. The second-order valence-corrected chi connectivity index (χ2v) is 5.26. The topological polar surface area (TPSA) is 60.8 Å². The molecule has 3 unspecified atom stereocenters. The van der Waals surface area contributed by atoms with Gasteiger partial charge < -0.3 is 10.2 Å². The maximum atomic E-state index is 13.8. The number of hydrogen-bond acceptors (Lipinski definition) is 3. The fourth-order valence-corrected chi connectivity index (χ4v) is 2.69. The Hall–Kier alpha value is -1.62. The first-order valence-electron chi connectivity index (χ1n) is 6.35. The molecular formula is C14H18FNO3. The summed E-state index contributed by atoms with van der Waals surface area (Å²) in [5.74, 6) is -1.71. The molecule has 19 heavy (non-hydrogen) atoms. The summed E-state index contributed by atoms with van der Waals surface area (Å²) in [4.78, 5) is 13.1. The SMILES string of the molecule is CC1CN(C(C)c2ccc(O)cc2F)CC1C(=O)O. The van der Waals surface area contributed by atoms with E-state index >= 15 is 0 Å². The van der Waals surface area contributed by atoms with Gasteiger partial charge in [-0.2, -0.15) is 0 Å². The van der Waals surface area contributed by atoms with E-state index in [1.54, 1.807) is 6.07 Å². The van der Waals surface area contributed by atoms with Crippen LogP contribution in [-0.4, -0.2) is 34.2 Å². The fourth-order valence-electron chi connectivity index (χ4n) is 2.69. The van der Waals surface area contributed by atoms with Crippen LogP contribution in [0.4, 0.5) is 4.39 Å². The third-order valence-corrected chi connectivity index (χ3v) is 3.94. The lowest BCUT2D eigenvalue weighted by Gasteiger charge is -2.25. The molecule has 104 valence electrons. The van der Waals surface area contributed by atoms with Crippen LogP contribution in [0.3, 0.4) is 0 Å². The number of benzene rings is 1. The Kier molecular flexibility index (Phi) is 3.75. The molecular weight excluding hydrogens is 249 g/mol. The van der Waals surface area contributed by atoms with Crippen molar-refractivity contribution in [1.82, 2.24) is 4.90 Å². The van der Waals surface area contributed by atoms with Gasteiger partial charge in [0.1, 0.15) is 11.6 Å². The van der Waals surface area contributed by atoms with Gasteiger partial charge in [0.05, 0.1) is 5.92 Å². The van der Waals surface area contributed by atoms with E-state index in [-0.39, 0.29) is 17.7 Å². The summed E-state index contributed by atoms with van der Waals surface area (Å²) in [5.41, 5.74) is 0.482. The van der Waals surface area contributed by atoms with Crippen molar-refractivity contribution >= 4 is 5.97 Å². The molecule has 5 heteroatoms. The van der Waals surface area contributed by atoms with Crippen molar-refractivity contribution in [1.29, 1.82) is 0 Å². The van der Waals surface area contributed by atoms with Crippen molar-refractivity contribution in [2.24, 2.45) is 11.8 Å². The van der Waals surface area contributed by atoms with E-state index in [0.29, 0.717) is 18.7 Å². The van der Waals surface area contributed by atoms with E-state index in [1.165, 1.54) is 6.07 Å². The van der Waals surface area contributed by atoms with Crippen LogP contribution < -0.4 is 0 Å². The van der Waals surface area contributed by atoms with Crippen molar-refractivity contribution in [2.45, 2.75) is 19.9 Å². The first kappa shape index (κ1) is 13.8. The van der Waals surface area contributed by atoms with Crippen LogP contribution in [0.2, 0.25) is 0 Å². The minimum Gasteiger partial charge on any atom is -0.508 e. The van der Waals surface area contributed by atoms with Crippen molar-refractivity contribution in [3.05, 3.63) is 29.6 Å². The Morgan fingerprint density at radius 3 is 2.68 bits per heavy atom. The summed E-state index contributed by atoms with van der Waals surface area (Å²) in [6.07, 6.45) is 0. The molecule has 0 aromatic heterocycles. The molecule has 0 bridgehead atoms. The smallest absolute Gasteiger partial charge is 0.308 e. The zero-order valence-corrected chi connectivity index (χ0v) is 11.0. The summed E-state index contributed by atoms with van der Waals surface area (Å²) in [7, 11) is 0. The zero-order valence-electron chi connectivity index (χ0n) is 11.0. The molecule has 0 spiro atoms. The van der Waals surface area contributed by atoms with Gasteiger partial charge in [0.15, 0.2) is 0 Å². The van der Waals surface area contributed by atoms with Crippen molar-refractivity contribution in [3.63, 3.8) is 0 Å². The molecule has 1 fully saturated rings. The number of carboxylic acids is 1. The molecule has 0 saturated carbocycles. The second kappa shape index (κ2) is 5.17. The molecule has 0 amide bonds. The molecule has 1 heterocycles. The molecule has 2 rings (SSSR count). The maximum Gasteiger partial charge on any atom is 0.308 e. The van der Waals surface area contributed by atoms with E-state index in [4.69, 9.17) is 5.11 Å². The number of carbonyl (C=O) groups is 1. The van der Waals surface area contributed by atoms with Crippen LogP contribution in [0.5, 0.6) is 5.75 Å². The van der Waals surface area contributed by atoms with E-state index < -0.39 is 17.7 Å². The quantitative estimate of drug-likeness (QED) is 0.881. The van der Waals surface area contributed by atoms with Gasteiger partial charge in [-0.3, -0.25) is 9.69 Å². The van der Waals surface area contributed by atoms with Gasteiger partial charge in [-0.1, -0.05) is 13.0 Å². The molecule has 4 nitrogen and oxygen atoms in total. The van der Waals surface area contributed by atoms with E-state index in [0.717, 1.165) is 6.07 Å². The van der Waals surface area contributed by atoms with E-state index in [2.05, 4.69) is 0 Å². The Morgan fingerprint density at radius 2 is 2.16 bits per heavy atom. The van der Waals surface area contributed by atoms with E-state index in [1.807, 2.05) is 18.7 Å². The number of carboxylic acid groups (broad SMARTS) is 1.